The molecule has 0 radical (unpaired) electrons. The van der Waals surface area contributed by atoms with Crippen LogP contribution in [0.2, 0.25) is 0 Å². The van der Waals surface area contributed by atoms with Gasteiger partial charge in [0.2, 0.25) is 0 Å². The molecule has 0 spiro atoms. The van der Waals surface area contributed by atoms with Crippen molar-refractivity contribution in [1.82, 2.24) is 9.78 Å². The zero-order valence-corrected chi connectivity index (χ0v) is 16.8. The number of anilines is 2. The fourth-order valence-corrected chi connectivity index (χ4v) is 3.27. The normalized spacial score (nSPS) is 15.0. The van der Waals surface area contributed by atoms with Crippen LogP contribution in [0.5, 0.6) is 0 Å². The minimum absolute atomic E-state index is 0.0630. The Balaban J connectivity index is 1.63. The first-order valence-electron chi connectivity index (χ1n) is 9.27. The van der Waals surface area contributed by atoms with Crippen LogP contribution >= 0.6 is 0 Å². The summed E-state index contributed by atoms with van der Waals surface area (Å²) in [7, 11) is 1.87. The van der Waals surface area contributed by atoms with Gasteiger partial charge in [0.1, 0.15) is 17.3 Å². The van der Waals surface area contributed by atoms with Crippen LogP contribution < -0.4 is 10.6 Å². The van der Waals surface area contributed by atoms with Gasteiger partial charge in [-0.05, 0) is 19.1 Å². The van der Waals surface area contributed by atoms with Gasteiger partial charge in [-0.3, -0.25) is 9.48 Å². The molecule has 0 bridgehead atoms. The summed E-state index contributed by atoms with van der Waals surface area (Å²) in [5.74, 6) is 2.45. The Hall–Kier alpha value is -3.28. The van der Waals surface area contributed by atoms with Crippen LogP contribution in [0.15, 0.2) is 47.0 Å². The molecule has 0 fully saturated rings. The first kappa shape index (κ1) is 18.1. The lowest BCUT2D eigenvalue weighted by Gasteiger charge is -2.13. The minimum Gasteiger partial charge on any atom is -0.465 e. The Morgan fingerprint density at radius 3 is 2.64 bits per heavy atom. The van der Waals surface area contributed by atoms with Gasteiger partial charge in [0, 0.05) is 41.5 Å². The lowest BCUT2D eigenvalue weighted by atomic mass is 9.93. The van der Waals surface area contributed by atoms with Crippen molar-refractivity contribution in [2.24, 2.45) is 7.05 Å². The molecule has 28 heavy (non-hydrogen) atoms. The standard InChI is InChI=1S/C22H24N4O2/c1-13-15(10-19(28-13)22(2,3)4)18-11-20(26(5)25-18)23-12-16-14-8-6-7-9-17(14)24-21(16)27/h6-12,23H,1-5H3,(H,24,27). The van der Waals surface area contributed by atoms with Gasteiger partial charge in [-0.2, -0.15) is 5.10 Å². The van der Waals surface area contributed by atoms with Crippen LogP contribution in [0.1, 0.15) is 37.9 Å². The summed E-state index contributed by atoms with van der Waals surface area (Å²) in [5.41, 5.74) is 4.07. The molecule has 144 valence electrons. The van der Waals surface area contributed by atoms with Crippen molar-refractivity contribution >= 4 is 23.0 Å². The summed E-state index contributed by atoms with van der Waals surface area (Å²) in [6.07, 6.45) is 1.73. The first-order valence-corrected chi connectivity index (χ1v) is 9.27. The zero-order valence-electron chi connectivity index (χ0n) is 16.8. The lowest BCUT2D eigenvalue weighted by Crippen LogP contribution is -2.09. The maximum atomic E-state index is 12.3. The Morgan fingerprint density at radius 1 is 1.18 bits per heavy atom. The summed E-state index contributed by atoms with van der Waals surface area (Å²) in [5, 5.41) is 10.7. The van der Waals surface area contributed by atoms with Gasteiger partial charge in [0.15, 0.2) is 0 Å². The maximum absolute atomic E-state index is 12.3. The highest BCUT2D eigenvalue weighted by molar-refractivity contribution is 6.31. The van der Waals surface area contributed by atoms with E-state index in [1.165, 1.54) is 0 Å². The van der Waals surface area contributed by atoms with E-state index in [9.17, 15) is 4.79 Å². The van der Waals surface area contributed by atoms with E-state index in [0.717, 1.165) is 39.8 Å². The zero-order chi connectivity index (χ0) is 20.1. The molecule has 0 atom stereocenters. The number of rotatable bonds is 3. The highest BCUT2D eigenvalue weighted by Gasteiger charge is 2.24. The molecule has 1 aliphatic rings. The van der Waals surface area contributed by atoms with Crippen LogP contribution in [0.4, 0.5) is 11.5 Å². The van der Waals surface area contributed by atoms with Crippen LogP contribution in [0.25, 0.3) is 16.8 Å². The molecule has 2 N–H and O–H groups in total. The van der Waals surface area contributed by atoms with Gasteiger partial charge in [0.05, 0.1) is 11.3 Å². The largest absolute Gasteiger partial charge is 0.465 e. The number of fused-ring (bicyclic) bond motifs is 1. The molecule has 2 aromatic heterocycles. The van der Waals surface area contributed by atoms with Crippen molar-refractivity contribution in [3.63, 3.8) is 0 Å². The second-order valence-electron chi connectivity index (χ2n) is 8.07. The molecular formula is C22H24N4O2. The van der Waals surface area contributed by atoms with Gasteiger partial charge in [-0.15, -0.1) is 0 Å². The number of benzene rings is 1. The number of hydrogen-bond donors (Lipinski definition) is 2. The summed E-state index contributed by atoms with van der Waals surface area (Å²) in [6.45, 7) is 8.32. The lowest BCUT2D eigenvalue weighted by molar-refractivity contribution is -0.110. The topological polar surface area (TPSA) is 72.1 Å². The summed E-state index contributed by atoms with van der Waals surface area (Å²) >= 11 is 0. The average molecular weight is 376 g/mol. The van der Waals surface area contributed by atoms with Gasteiger partial charge in [0.25, 0.3) is 5.91 Å². The maximum Gasteiger partial charge on any atom is 0.257 e. The van der Waals surface area contributed by atoms with Crippen LogP contribution in [-0.2, 0) is 17.3 Å². The fraction of sp³-hybridized carbons (Fsp3) is 0.273. The molecule has 0 saturated heterocycles. The monoisotopic (exact) mass is 376 g/mol. The second-order valence-corrected chi connectivity index (χ2v) is 8.07. The van der Waals surface area contributed by atoms with Crippen LogP contribution in [0.3, 0.4) is 0 Å². The third-order valence-electron chi connectivity index (χ3n) is 4.89. The molecule has 0 unspecified atom stereocenters. The predicted molar refractivity (Wildman–Crippen MR) is 111 cm³/mol. The Bertz CT molecular complexity index is 1100. The number of hydrogen-bond acceptors (Lipinski definition) is 4. The van der Waals surface area contributed by atoms with E-state index in [1.807, 2.05) is 44.3 Å². The highest BCUT2D eigenvalue weighted by atomic mass is 16.3. The number of nitrogens with one attached hydrogen (secondary N) is 2. The number of para-hydroxylation sites is 1. The van der Waals surface area contributed by atoms with E-state index in [2.05, 4.69) is 42.6 Å². The summed E-state index contributed by atoms with van der Waals surface area (Å²) in [4.78, 5) is 12.3. The third kappa shape index (κ3) is 3.11. The molecule has 6 nitrogen and oxygen atoms in total. The van der Waals surface area contributed by atoms with Crippen LogP contribution in [-0.4, -0.2) is 15.7 Å². The quantitative estimate of drug-likeness (QED) is 0.651. The number of furan rings is 1. The molecule has 6 heteroatoms. The number of aryl methyl sites for hydroxylation is 2. The van der Waals surface area contributed by atoms with Crippen molar-refractivity contribution < 1.29 is 9.21 Å². The van der Waals surface area contributed by atoms with Crippen molar-refractivity contribution in [2.45, 2.75) is 33.1 Å². The molecule has 0 aliphatic carbocycles. The molecule has 1 amide bonds. The van der Waals surface area contributed by atoms with E-state index in [-0.39, 0.29) is 11.3 Å². The number of nitrogens with zero attached hydrogens (tertiary/aromatic N) is 2. The van der Waals surface area contributed by atoms with Gasteiger partial charge in [-0.1, -0.05) is 39.0 Å². The van der Waals surface area contributed by atoms with Crippen LogP contribution in [0, 0.1) is 6.92 Å². The number of aromatic nitrogens is 2. The average Bonchev–Trinajstić information content (AvgIpc) is 3.27. The summed E-state index contributed by atoms with van der Waals surface area (Å²) < 4.78 is 7.70. The molecule has 1 aromatic carbocycles. The molecular weight excluding hydrogens is 352 g/mol. The van der Waals surface area contributed by atoms with Gasteiger partial charge >= 0.3 is 0 Å². The van der Waals surface area contributed by atoms with E-state index < -0.39 is 0 Å². The first-order chi connectivity index (χ1) is 13.2. The van der Waals surface area contributed by atoms with Gasteiger partial charge < -0.3 is 15.1 Å². The molecule has 4 rings (SSSR count). The molecule has 0 saturated carbocycles. The molecule has 1 aliphatic heterocycles. The van der Waals surface area contributed by atoms with E-state index >= 15 is 0 Å². The van der Waals surface area contributed by atoms with Crippen molar-refractivity contribution in [1.29, 1.82) is 0 Å². The number of carbonyl (C=O) groups is 1. The van der Waals surface area contributed by atoms with Crippen molar-refractivity contribution in [3.8, 4) is 11.3 Å². The molecule has 3 heterocycles. The van der Waals surface area contributed by atoms with Crippen molar-refractivity contribution in [2.75, 3.05) is 10.6 Å². The number of carbonyl (C=O) groups excluding carboxylic acids is 1. The SMILES string of the molecule is Cc1oc(C(C)(C)C)cc1-c1cc(NC=C2C(=O)Nc3ccccc32)n(C)n1. The summed E-state index contributed by atoms with van der Waals surface area (Å²) in [6, 6.07) is 11.7. The second kappa shape index (κ2) is 6.41. The fourth-order valence-electron chi connectivity index (χ4n) is 3.27. The number of amides is 1. The predicted octanol–water partition coefficient (Wildman–Crippen LogP) is 4.69. The van der Waals surface area contributed by atoms with Crippen molar-refractivity contribution in [3.05, 3.63) is 59.7 Å². The molecule has 3 aromatic rings. The van der Waals surface area contributed by atoms with E-state index in [0.29, 0.717) is 5.57 Å². The van der Waals surface area contributed by atoms with E-state index in [4.69, 9.17) is 4.42 Å². The third-order valence-corrected chi connectivity index (χ3v) is 4.89. The smallest absolute Gasteiger partial charge is 0.257 e. The highest BCUT2D eigenvalue weighted by Crippen LogP contribution is 2.34. The Kier molecular flexibility index (Phi) is 4.14. The Morgan fingerprint density at radius 2 is 1.93 bits per heavy atom. The van der Waals surface area contributed by atoms with Gasteiger partial charge in [-0.25, -0.2) is 0 Å². The Labute approximate surface area is 164 Å². The minimum atomic E-state index is -0.114. The van der Waals surface area contributed by atoms with E-state index in [1.54, 1.807) is 10.9 Å².